The number of nitrogens with zero attached hydrogens (tertiary/aromatic N) is 3. The summed E-state index contributed by atoms with van der Waals surface area (Å²) in [6.45, 7) is 4.60. The molecule has 3 aliphatic rings. The molecule has 0 spiro atoms. The SMILES string of the molecule is CC/N=C1\NC[C@H](c2cccc(F)c2F)CC[C@H]1NC(=O)N1CCC(n2c3c([nH]c2=O)NCC=C3)CC1. The molecule has 2 fully saturated rings. The fourth-order valence-electron chi connectivity index (χ4n) is 5.56. The zero-order valence-electron chi connectivity index (χ0n) is 20.9. The molecule has 4 N–H and O–H groups in total. The Kier molecular flexibility index (Phi) is 7.29. The Labute approximate surface area is 214 Å². The minimum atomic E-state index is -0.854. The predicted molar refractivity (Wildman–Crippen MR) is 139 cm³/mol. The van der Waals surface area contributed by atoms with Gasteiger partial charge in [-0.15, -0.1) is 0 Å². The van der Waals surface area contributed by atoms with E-state index in [1.54, 1.807) is 15.5 Å². The number of nitrogens with one attached hydrogen (secondary N) is 4. The van der Waals surface area contributed by atoms with Gasteiger partial charge in [0, 0.05) is 44.7 Å². The smallest absolute Gasteiger partial charge is 0.327 e. The van der Waals surface area contributed by atoms with E-state index in [0.717, 1.165) is 17.6 Å². The lowest BCUT2D eigenvalue weighted by molar-refractivity contribution is 0.169. The van der Waals surface area contributed by atoms with Crippen LogP contribution in [-0.2, 0) is 0 Å². The minimum absolute atomic E-state index is 0.0137. The van der Waals surface area contributed by atoms with Crippen molar-refractivity contribution >= 4 is 23.8 Å². The summed E-state index contributed by atoms with van der Waals surface area (Å²) in [5.41, 5.74) is 1.05. The van der Waals surface area contributed by atoms with Gasteiger partial charge in [-0.3, -0.25) is 14.5 Å². The zero-order valence-corrected chi connectivity index (χ0v) is 20.9. The van der Waals surface area contributed by atoms with Gasteiger partial charge in [0.25, 0.3) is 0 Å². The molecule has 2 aromatic rings. The number of imidazole rings is 1. The van der Waals surface area contributed by atoms with Crippen LogP contribution in [0.3, 0.4) is 0 Å². The number of aliphatic imine (C=N–C) groups is 1. The van der Waals surface area contributed by atoms with Crippen molar-refractivity contribution in [3.8, 4) is 0 Å². The minimum Gasteiger partial charge on any atom is -0.371 e. The van der Waals surface area contributed by atoms with E-state index in [1.165, 1.54) is 6.07 Å². The largest absolute Gasteiger partial charge is 0.371 e. The Morgan fingerprint density at radius 1 is 1.16 bits per heavy atom. The first-order valence-corrected chi connectivity index (χ1v) is 13.0. The third-order valence-electron chi connectivity index (χ3n) is 7.47. The Hall–Kier alpha value is -3.63. The van der Waals surface area contributed by atoms with E-state index >= 15 is 0 Å². The van der Waals surface area contributed by atoms with Gasteiger partial charge in [0.1, 0.15) is 11.7 Å². The van der Waals surface area contributed by atoms with Crippen molar-refractivity contribution in [2.45, 2.75) is 50.6 Å². The summed E-state index contributed by atoms with van der Waals surface area (Å²) in [6, 6.07) is 3.74. The van der Waals surface area contributed by atoms with Crippen LogP contribution in [0, 0.1) is 11.6 Å². The highest BCUT2D eigenvalue weighted by atomic mass is 19.2. The number of rotatable bonds is 4. The molecule has 198 valence electrons. The number of carbonyl (C=O) groups excluding carboxylic acids is 1. The van der Waals surface area contributed by atoms with Crippen molar-refractivity contribution in [3.63, 3.8) is 0 Å². The number of piperidine rings is 1. The van der Waals surface area contributed by atoms with E-state index in [9.17, 15) is 18.4 Å². The summed E-state index contributed by atoms with van der Waals surface area (Å²) in [6.07, 6.45) is 6.42. The highest BCUT2D eigenvalue weighted by Gasteiger charge is 2.31. The number of likely N-dealkylation sites (tertiary alicyclic amines) is 1. The topological polar surface area (TPSA) is 107 Å². The van der Waals surface area contributed by atoms with Gasteiger partial charge in [0.05, 0.1) is 11.7 Å². The van der Waals surface area contributed by atoms with Gasteiger partial charge in [-0.2, -0.15) is 0 Å². The van der Waals surface area contributed by atoms with Crippen molar-refractivity contribution in [1.29, 1.82) is 0 Å². The van der Waals surface area contributed by atoms with Gasteiger partial charge in [-0.05, 0) is 50.3 Å². The van der Waals surface area contributed by atoms with E-state index in [4.69, 9.17) is 0 Å². The number of carbonyl (C=O) groups is 1. The lowest BCUT2D eigenvalue weighted by Gasteiger charge is -2.34. The number of aromatic amines is 1. The second-order valence-electron chi connectivity index (χ2n) is 9.72. The molecule has 0 unspecified atom stereocenters. The standard InChI is InChI=1S/C26H33F2N7O2/c1-2-29-23-20(9-8-16(15-31-23)18-5-3-6-19(27)22(18)28)32-25(36)34-13-10-17(11-14-34)35-21-7-4-12-30-24(21)33-26(35)37/h3-7,16-17,20,30H,2,8-15H2,1H3,(H,29,31)(H,32,36)(H,33,37)/t16-,20-/m1/s1. The highest BCUT2D eigenvalue weighted by molar-refractivity contribution is 5.91. The van der Waals surface area contributed by atoms with Crippen LogP contribution in [0.2, 0.25) is 0 Å². The predicted octanol–water partition coefficient (Wildman–Crippen LogP) is 3.19. The molecule has 4 heterocycles. The third kappa shape index (κ3) is 5.12. The second kappa shape index (κ2) is 10.8. The van der Waals surface area contributed by atoms with Gasteiger partial charge in [0.15, 0.2) is 11.6 Å². The first-order chi connectivity index (χ1) is 18.0. The second-order valence-corrected chi connectivity index (χ2v) is 9.72. The number of benzene rings is 1. The number of fused-ring (bicyclic) bond motifs is 1. The molecule has 0 aliphatic carbocycles. The summed E-state index contributed by atoms with van der Waals surface area (Å²) in [5.74, 6) is -0.498. The average molecular weight is 514 g/mol. The molecule has 3 aliphatic heterocycles. The van der Waals surface area contributed by atoms with Crippen molar-refractivity contribution < 1.29 is 13.6 Å². The molecule has 0 radical (unpaired) electrons. The molecule has 11 heteroatoms. The van der Waals surface area contributed by atoms with Gasteiger partial charge in [0.2, 0.25) is 0 Å². The summed E-state index contributed by atoms with van der Waals surface area (Å²) >= 11 is 0. The fraction of sp³-hybridized carbons (Fsp3) is 0.500. The number of amides is 2. The number of anilines is 1. The van der Waals surface area contributed by atoms with Crippen molar-refractivity contribution in [1.82, 2.24) is 25.1 Å². The molecule has 1 aromatic carbocycles. The van der Waals surface area contributed by atoms with E-state index in [-0.39, 0.29) is 29.7 Å². The number of hydrogen-bond acceptors (Lipinski definition) is 4. The van der Waals surface area contributed by atoms with Crippen LogP contribution in [0.1, 0.15) is 55.8 Å². The molecule has 1 aromatic heterocycles. The number of hydrogen-bond donors (Lipinski definition) is 4. The quantitative estimate of drug-likeness (QED) is 0.504. The first-order valence-electron chi connectivity index (χ1n) is 13.0. The van der Waals surface area contributed by atoms with Gasteiger partial charge < -0.3 is 20.9 Å². The molecule has 2 atom stereocenters. The first kappa shape index (κ1) is 25.0. The van der Waals surface area contributed by atoms with E-state index in [2.05, 4.69) is 25.9 Å². The summed E-state index contributed by atoms with van der Waals surface area (Å²) in [7, 11) is 0. The molecule has 0 bridgehead atoms. The lowest BCUT2D eigenvalue weighted by atomic mass is 9.93. The number of halogens is 2. The maximum absolute atomic E-state index is 14.4. The van der Waals surface area contributed by atoms with Crippen molar-refractivity contribution in [2.75, 3.05) is 38.0 Å². The van der Waals surface area contributed by atoms with Crippen LogP contribution >= 0.6 is 0 Å². The number of aromatic nitrogens is 2. The van der Waals surface area contributed by atoms with Crippen LogP contribution in [0.25, 0.3) is 6.08 Å². The Morgan fingerprint density at radius 2 is 1.97 bits per heavy atom. The molecule has 2 amide bonds. The fourth-order valence-corrected chi connectivity index (χ4v) is 5.56. The van der Waals surface area contributed by atoms with Crippen molar-refractivity contribution in [2.24, 2.45) is 4.99 Å². The number of urea groups is 1. The average Bonchev–Trinajstić information content (AvgIpc) is 3.12. The maximum Gasteiger partial charge on any atom is 0.327 e. The lowest BCUT2D eigenvalue weighted by Crippen LogP contribution is -2.52. The molecule has 0 saturated carbocycles. The highest BCUT2D eigenvalue weighted by Crippen LogP contribution is 2.29. The van der Waals surface area contributed by atoms with E-state index < -0.39 is 11.6 Å². The van der Waals surface area contributed by atoms with Crippen LogP contribution < -0.4 is 21.6 Å². The van der Waals surface area contributed by atoms with Crippen molar-refractivity contribution in [3.05, 3.63) is 57.7 Å². The summed E-state index contributed by atoms with van der Waals surface area (Å²) in [4.78, 5) is 34.9. The molecular formula is C26H33F2N7O2. The molecule has 5 rings (SSSR count). The van der Waals surface area contributed by atoms with Crippen LogP contribution in [0.4, 0.5) is 19.4 Å². The van der Waals surface area contributed by atoms with Gasteiger partial charge >= 0.3 is 11.7 Å². The number of H-pyrrole nitrogens is 1. The van der Waals surface area contributed by atoms with Gasteiger partial charge in [-0.1, -0.05) is 18.2 Å². The molecule has 9 nitrogen and oxygen atoms in total. The normalized spacial score (nSPS) is 23.2. The van der Waals surface area contributed by atoms with Crippen LogP contribution in [0.15, 0.2) is 34.1 Å². The van der Waals surface area contributed by atoms with E-state index in [1.807, 2.05) is 19.1 Å². The Balaban J connectivity index is 1.22. The number of amidine groups is 1. The van der Waals surface area contributed by atoms with Gasteiger partial charge in [-0.25, -0.2) is 18.4 Å². The maximum atomic E-state index is 14.4. The monoisotopic (exact) mass is 513 g/mol. The summed E-state index contributed by atoms with van der Waals surface area (Å²) in [5, 5.41) is 9.55. The summed E-state index contributed by atoms with van der Waals surface area (Å²) < 4.78 is 30.0. The molecule has 2 saturated heterocycles. The van der Waals surface area contributed by atoms with E-state index in [0.29, 0.717) is 69.8 Å². The Bertz CT molecular complexity index is 1260. The zero-order chi connectivity index (χ0) is 25.9. The Morgan fingerprint density at radius 3 is 2.76 bits per heavy atom. The van der Waals surface area contributed by atoms with Crippen LogP contribution in [-0.4, -0.2) is 65.1 Å². The van der Waals surface area contributed by atoms with Crippen LogP contribution in [0.5, 0.6) is 0 Å². The molecule has 37 heavy (non-hydrogen) atoms. The molecular weight excluding hydrogens is 480 g/mol. The third-order valence-corrected chi connectivity index (χ3v) is 7.47.